The lowest BCUT2D eigenvalue weighted by molar-refractivity contribution is 0.135. The Hall–Kier alpha value is -0.590. The number of likely N-dealkylation sites (N-methyl/N-ethyl adjacent to an activating group) is 1. The fourth-order valence-electron chi connectivity index (χ4n) is 2.59. The van der Waals surface area contributed by atoms with Gasteiger partial charge in [0, 0.05) is 25.2 Å². The van der Waals surface area contributed by atoms with E-state index in [1.54, 1.807) is 0 Å². The zero-order valence-corrected chi connectivity index (χ0v) is 8.87. The number of hydrogen-bond donors (Lipinski definition) is 1. The Kier molecular flexibility index (Phi) is 3.05. The first-order valence-corrected chi connectivity index (χ1v) is 5.64. The molecule has 1 aliphatic carbocycles. The third-order valence-corrected chi connectivity index (χ3v) is 3.45. The second-order valence-corrected chi connectivity index (χ2v) is 4.71. The van der Waals surface area contributed by atoms with Crippen LogP contribution in [0.3, 0.4) is 0 Å². The lowest BCUT2D eigenvalue weighted by Gasteiger charge is -2.41. The van der Waals surface area contributed by atoms with Gasteiger partial charge in [0.05, 0.1) is 12.0 Å². The van der Waals surface area contributed by atoms with Crippen molar-refractivity contribution < 1.29 is 0 Å². The van der Waals surface area contributed by atoms with Gasteiger partial charge in [-0.2, -0.15) is 5.26 Å². The summed E-state index contributed by atoms with van der Waals surface area (Å²) in [6, 6.07) is 3.55. The maximum absolute atomic E-state index is 9.02. The smallest absolute Gasteiger partial charge is 0.0672 e. The minimum absolute atomic E-state index is 0.259. The molecule has 1 aliphatic heterocycles. The Morgan fingerprint density at radius 1 is 1.29 bits per heavy atom. The van der Waals surface area contributed by atoms with E-state index in [0.29, 0.717) is 12.1 Å². The van der Waals surface area contributed by atoms with Crippen molar-refractivity contribution in [1.29, 1.82) is 5.26 Å². The molecule has 0 aromatic carbocycles. The minimum Gasteiger partial charge on any atom is -0.307 e. The van der Waals surface area contributed by atoms with Crippen molar-refractivity contribution in [2.75, 3.05) is 20.1 Å². The van der Waals surface area contributed by atoms with Crippen LogP contribution in [0.2, 0.25) is 0 Å². The molecule has 3 nitrogen and oxygen atoms in total. The van der Waals surface area contributed by atoms with Gasteiger partial charge < -0.3 is 10.2 Å². The summed E-state index contributed by atoms with van der Waals surface area (Å²) in [6.45, 7) is 2.29. The highest BCUT2D eigenvalue weighted by molar-refractivity contribution is 4.97. The predicted molar refractivity (Wildman–Crippen MR) is 55.8 cm³/mol. The van der Waals surface area contributed by atoms with Crippen LogP contribution >= 0.6 is 0 Å². The molecule has 0 aromatic heterocycles. The van der Waals surface area contributed by atoms with Crippen LogP contribution in [0.15, 0.2) is 0 Å². The molecule has 0 radical (unpaired) electrons. The lowest BCUT2D eigenvalue weighted by Crippen LogP contribution is -2.59. The lowest BCUT2D eigenvalue weighted by atomic mass is 9.85. The largest absolute Gasteiger partial charge is 0.307 e. The predicted octanol–water partition coefficient (Wildman–Crippen LogP) is 0.972. The van der Waals surface area contributed by atoms with Crippen molar-refractivity contribution >= 4 is 0 Å². The fraction of sp³-hybridized carbons (Fsp3) is 0.909. The highest BCUT2D eigenvalue weighted by Gasteiger charge is 2.30. The summed E-state index contributed by atoms with van der Waals surface area (Å²) >= 11 is 0. The summed E-state index contributed by atoms with van der Waals surface area (Å²) in [7, 11) is 2.14. The Morgan fingerprint density at radius 2 is 2.00 bits per heavy atom. The Labute approximate surface area is 86.1 Å². The summed E-state index contributed by atoms with van der Waals surface area (Å²) in [5, 5.41) is 12.6. The summed E-state index contributed by atoms with van der Waals surface area (Å²) in [5.41, 5.74) is 0. The molecule has 1 saturated carbocycles. The Morgan fingerprint density at radius 3 is 2.64 bits per heavy atom. The molecule has 2 fully saturated rings. The molecule has 0 bridgehead atoms. The second-order valence-electron chi connectivity index (χ2n) is 4.71. The molecule has 0 aromatic rings. The molecule has 14 heavy (non-hydrogen) atoms. The van der Waals surface area contributed by atoms with Gasteiger partial charge in [-0.15, -0.1) is 0 Å². The van der Waals surface area contributed by atoms with Gasteiger partial charge in [-0.1, -0.05) is 12.8 Å². The molecule has 0 spiro atoms. The Bertz CT molecular complexity index is 227. The molecule has 78 valence electrons. The first kappa shape index (κ1) is 9.95. The molecule has 1 saturated heterocycles. The molecular weight excluding hydrogens is 174 g/mol. The highest BCUT2D eigenvalue weighted by Crippen LogP contribution is 2.24. The summed E-state index contributed by atoms with van der Waals surface area (Å²) in [4.78, 5) is 2.31. The van der Waals surface area contributed by atoms with Gasteiger partial charge >= 0.3 is 0 Å². The number of rotatable bonds is 2. The molecule has 0 amide bonds. The number of nitrogens with zero attached hydrogens (tertiary/aromatic N) is 2. The first-order chi connectivity index (χ1) is 6.79. The average molecular weight is 193 g/mol. The van der Waals surface area contributed by atoms with Gasteiger partial charge in [-0.25, -0.2) is 0 Å². The second kappa shape index (κ2) is 4.29. The van der Waals surface area contributed by atoms with Gasteiger partial charge in [-0.3, -0.25) is 0 Å². The van der Waals surface area contributed by atoms with Crippen molar-refractivity contribution in [2.24, 2.45) is 5.92 Å². The molecule has 3 heteroatoms. The van der Waals surface area contributed by atoms with Crippen molar-refractivity contribution in [3.05, 3.63) is 0 Å². The SMILES string of the molecule is CN1CC(NC2CCCCC2C#N)C1. The standard InChI is InChI=1S/C11H19N3/c1-14-7-10(8-14)13-11-5-3-2-4-9(11)6-12/h9-11,13H,2-5,7-8H2,1H3. The van der Waals surface area contributed by atoms with E-state index in [4.69, 9.17) is 5.26 Å². The average Bonchev–Trinajstić information content (AvgIpc) is 2.16. The number of nitrogens with one attached hydrogen (secondary N) is 1. The zero-order valence-electron chi connectivity index (χ0n) is 8.87. The fourth-order valence-corrected chi connectivity index (χ4v) is 2.59. The van der Waals surface area contributed by atoms with Gasteiger partial charge in [-0.05, 0) is 19.9 Å². The van der Waals surface area contributed by atoms with E-state index in [9.17, 15) is 0 Å². The zero-order chi connectivity index (χ0) is 9.97. The van der Waals surface area contributed by atoms with Crippen molar-refractivity contribution in [3.63, 3.8) is 0 Å². The first-order valence-electron chi connectivity index (χ1n) is 5.64. The monoisotopic (exact) mass is 193 g/mol. The van der Waals surface area contributed by atoms with E-state index < -0.39 is 0 Å². The molecule has 2 unspecified atom stereocenters. The summed E-state index contributed by atoms with van der Waals surface area (Å²) < 4.78 is 0. The number of likely N-dealkylation sites (tertiary alicyclic amines) is 1. The van der Waals surface area contributed by atoms with Crippen LogP contribution in [0.5, 0.6) is 0 Å². The van der Waals surface area contributed by atoms with Crippen LogP contribution in [0.4, 0.5) is 0 Å². The van der Waals surface area contributed by atoms with E-state index >= 15 is 0 Å². The van der Waals surface area contributed by atoms with E-state index in [-0.39, 0.29) is 5.92 Å². The van der Waals surface area contributed by atoms with E-state index in [1.807, 2.05) is 0 Å². The Balaban J connectivity index is 1.80. The molecule has 2 atom stereocenters. The maximum Gasteiger partial charge on any atom is 0.0672 e. The number of nitriles is 1. The van der Waals surface area contributed by atoms with Gasteiger partial charge in [0.15, 0.2) is 0 Å². The highest BCUT2D eigenvalue weighted by atomic mass is 15.2. The van der Waals surface area contributed by atoms with Crippen LogP contribution in [0.25, 0.3) is 0 Å². The third kappa shape index (κ3) is 2.08. The summed E-state index contributed by atoms with van der Waals surface area (Å²) in [6.07, 6.45) is 4.81. The van der Waals surface area contributed by atoms with Crippen LogP contribution in [-0.2, 0) is 0 Å². The van der Waals surface area contributed by atoms with Crippen LogP contribution in [0.1, 0.15) is 25.7 Å². The maximum atomic E-state index is 9.02. The van der Waals surface area contributed by atoms with E-state index in [2.05, 4.69) is 23.3 Å². The van der Waals surface area contributed by atoms with E-state index in [0.717, 1.165) is 19.5 Å². The molecular formula is C11H19N3. The molecule has 2 rings (SSSR count). The molecule has 1 heterocycles. The topological polar surface area (TPSA) is 39.1 Å². The van der Waals surface area contributed by atoms with Crippen molar-refractivity contribution in [2.45, 2.75) is 37.8 Å². The normalized spacial score (nSPS) is 34.9. The van der Waals surface area contributed by atoms with Crippen LogP contribution < -0.4 is 5.32 Å². The van der Waals surface area contributed by atoms with Crippen molar-refractivity contribution in [1.82, 2.24) is 10.2 Å². The molecule has 1 N–H and O–H groups in total. The minimum atomic E-state index is 0.259. The summed E-state index contributed by atoms with van der Waals surface area (Å²) in [5.74, 6) is 0.259. The van der Waals surface area contributed by atoms with Gasteiger partial charge in [0.2, 0.25) is 0 Å². The molecule has 2 aliphatic rings. The van der Waals surface area contributed by atoms with Gasteiger partial charge in [0.1, 0.15) is 0 Å². The van der Waals surface area contributed by atoms with Crippen molar-refractivity contribution in [3.8, 4) is 6.07 Å². The third-order valence-electron chi connectivity index (χ3n) is 3.45. The number of hydrogen-bond acceptors (Lipinski definition) is 3. The van der Waals surface area contributed by atoms with Crippen LogP contribution in [0, 0.1) is 17.2 Å². The van der Waals surface area contributed by atoms with Crippen LogP contribution in [-0.4, -0.2) is 37.1 Å². The van der Waals surface area contributed by atoms with E-state index in [1.165, 1.54) is 19.3 Å². The quantitative estimate of drug-likeness (QED) is 0.710. The van der Waals surface area contributed by atoms with Gasteiger partial charge in [0.25, 0.3) is 0 Å².